The van der Waals surface area contributed by atoms with Gasteiger partial charge in [0, 0.05) is 30.3 Å². The van der Waals surface area contributed by atoms with Crippen LogP contribution in [0.1, 0.15) is 62.8 Å². The van der Waals surface area contributed by atoms with E-state index in [1.807, 2.05) is 0 Å². The number of hydrogen-bond donors (Lipinski definition) is 0. The molecule has 0 heterocycles. The van der Waals surface area contributed by atoms with E-state index in [-0.39, 0.29) is 0 Å². The summed E-state index contributed by atoms with van der Waals surface area (Å²) in [5.74, 6) is 0. The van der Waals surface area contributed by atoms with Crippen molar-refractivity contribution in [2.24, 2.45) is 0 Å². The second kappa shape index (κ2) is 16.1. The third-order valence-electron chi connectivity index (χ3n) is 7.29. The molecule has 39 heavy (non-hydrogen) atoms. The van der Waals surface area contributed by atoms with Crippen LogP contribution in [0.25, 0.3) is 0 Å². The molecule has 0 N–H and O–H groups in total. The Morgan fingerprint density at radius 3 is 1.46 bits per heavy atom. The Bertz CT molecular complexity index is 1130. The van der Waals surface area contributed by atoms with E-state index in [9.17, 15) is 0 Å². The average Bonchev–Trinajstić information content (AvgIpc) is 2.96. The van der Waals surface area contributed by atoms with Gasteiger partial charge in [-0.15, -0.1) is 0 Å². The molecule has 0 spiro atoms. The average molecular weight is 526 g/mol. The third kappa shape index (κ3) is 9.84. The summed E-state index contributed by atoms with van der Waals surface area (Å²) < 4.78 is 11.6. The van der Waals surface area contributed by atoms with Crippen LogP contribution >= 0.6 is 0 Å². The Balaban J connectivity index is 1.69. The maximum atomic E-state index is 5.78. The molecule has 3 aromatic rings. The third-order valence-corrected chi connectivity index (χ3v) is 7.29. The first-order valence-corrected chi connectivity index (χ1v) is 14.4. The van der Waals surface area contributed by atoms with Crippen LogP contribution in [0.3, 0.4) is 0 Å². The summed E-state index contributed by atoms with van der Waals surface area (Å²) in [4.78, 5) is 2.35. The van der Waals surface area contributed by atoms with Gasteiger partial charge in [-0.05, 0) is 126 Å². The lowest BCUT2D eigenvalue weighted by Gasteiger charge is -2.26. The number of anilines is 3. The summed E-state index contributed by atoms with van der Waals surface area (Å²) in [5, 5.41) is 0. The minimum atomic E-state index is 0.725. The molecule has 3 aromatic carbocycles. The van der Waals surface area contributed by atoms with Crippen molar-refractivity contribution in [2.45, 2.75) is 67.2 Å². The normalized spacial score (nSPS) is 12.2. The van der Waals surface area contributed by atoms with E-state index < -0.39 is 0 Å². The van der Waals surface area contributed by atoms with Crippen molar-refractivity contribution < 1.29 is 9.47 Å². The monoisotopic (exact) mass is 525 g/mol. The fraction of sp³-hybridized carbons (Fsp3) is 0.389. The molecule has 0 radical (unpaired) electrons. The number of ether oxygens (including phenoxy) is 2. The molecule has 3 nitrogen and oxygen atoms in total. The Kier molecular flexibility index (Phi) is 12.5. The highest BCUT2D eigenvalue weighted by molar-refractivity contribution is 5.77. The summed E-state index contributed by atoms with van der Waals surface area (Å²) in [5.41, 5.74) is 11.4. The van der Waals surface area contributed by atoms with Gasteiger partial charge in [-0.1, -0.05) is 53.6 Å². The highest BCUT2D eigenvalue weighted by atomic mass is 16.5. The van der Waals surface area contributed by atoms with E-state index in [0.29, 0.717) is 0 Å². The van der Waals surface area contributed by atoms with Gasteiger partial charge in [-0.2, -0.15) is 0 Å². The van der Waals surface area contributed by atoms with Crippen LogP contribution in [0.15, 0.2) is 90.0 Å². The zero-order chi connectivity index (χ0) is 28.0. The Hall–Kier alpha value is -3.14. The van der Waals surface area contributed by atoms with Crippen molar-refractivity contribution in [3.05, 3.63) is 112 Å². The molecule has 0 aromatic heterocycles. The van der Waals surface area contributed by atoms with E-state index >= 15 is 0 Å². The van der Waals surface area contributed by atoms with Crippen LogP contribution in [0.5, 0.6) is 0 Å². The summed E-state index contributed by atoms with van der Waals surface area (Å²) in [6.07, 6.45) is 8.31. The van der Waals surface area contributed by atoms with Gasteiger partial charge in [0.2, 0.25) is 0 Å². The highest BCUT2D eigenvalue weighted by Crippen LogP contribution is 2.35. The van der Waals surface area contributed by atoms with Crippen LogP contribution in [0.4, 0.5) is 17.1 Å². The first-order valence-electron chi connectivity index (χ1n) is 14.4. The molecule has 0 aliphatic carbocycles. The maximum Gasteiger partial charge on any atom is 0.0673 e. The second-order valence-corrected chi connectivity index (χ2v) is 10.5. The van der Waals surface area contributed by atoms with E-state index in [2.05, 4.69) is 125 Å². The minimum absolute atomic E-state index is 0.725. The van der Waals surface area contributed by atoms with E-state index in [1.54, 1.807) is 0 Å². The number of allylic oxidation sites excluding steroid dienone is 2. The van der Waals surface area contributed by atoms with E-state index in [4.69, 9.17) is 9.47 Å². The molecule has 0 saturated carbocycles. The van der Waals surface area contributed by atoms with Gasteiger partial charge in [-0.3, -0.25) is 0 Å². The molecule has 0 unspecified atom stereocenters. The number of benzene rings is 3. The molecule has 208 valence electrons. The lowest BCUT2D eigenvalue weighted by atomic mass is 10.1. The number of aryl methyl sites for hydroxylation is 4. The van der Waals surface area contributed by atoms with Gasteiger partial charge in [0.15, 0.2) is 0 Å². The number of hydrogen-bond acceptors (Lipinski definition) is 3. The topological polar surface area (TPSA) is 21.7 Å². The zero-order valence-corrected chi connectivity index (χ0v) is 24.9. The van der Waals surface area contributed by atoms with Crippen LogP contribution in [-0.4, -0.2) is 26.4 Å². The van der Waals surface area contributed by atoms with Crippen molar-refractivity contribution in [3.63, 3.8) is 0 Å². The van der Waals surface area contributed by atoms with Crippen LogP contribution < -0.4 is 4.90 Å². The molecule has 0 bridgehead atoms. The van der Waals surface area contributed by atoms with Crippen LogP contribution in [0.2, 0.25) is 0 Å². The first kappa shape index (κ1) is 30.4. The SMILES string of the molecule is C/C=C(\C)COCCCc1ccc(N(c2ccc(CCCOC/C(C)=C/C)cc2)c2ccc(C)c(C)c2)cc1. The van der Waals surface area contributed by atoms with Crippen molar-refractivity contribution in [2.75, 3.05) is 31.3 Å². The fourth-order valence-electron chi connectivity index (χ4n) is 4.32. The predicted octanol–water partition coefficient (Wildman–Crippen LogP) is 9.60. The van der Waals surface area contributed by atoms with Gasteiger partial charge in [0.05, 0.1) is 13.2 Å². The molecule has 0 aliphatic heterocycles. The molecule has 0 atom stereocenters. The molecule has 0 saturated heterocycles. The zero-order valence-electron chi connectivity index (χ0n) is 24.9. The second-order valence-electron chi connectivity index (χ2n) is 10.5. The Morgan fingerprint density at radius 1 is 0.615 bits per heavy atom. The minimum Gasteiger partial charge on any atom is -0.377 e. The fourth-order valence-corrected chi connectivity index (χ4v) is 4.32. The van der Waals surface area contributed by atoms with Crippen molar-refractivity contribution in [1.82, 2.24) is 0 Å². The molecule has 0 amide bonds. The number of rotatable bonds is 15. The number of nitrogens with zero attached hydrogens (tertiary/aromatic N) is 1. The van der Waals surface area contributed by atoms with Gasteiger partial charge in [0.25, 0.3) is 0 Å². The summed E-state index contributed by atoms with van der Waals surface area (Å²) in [7, 11) is 0. The van der Waals surface area contributed by atoms with Gasteiger partial charge < -0.3 is 14.4 Å². The Labute approximate surface area is 237 Å². The molecule has 0 aliphatic rings. The van der Waals surface area contributed by atoms with Crippen molar-refractivity contribution >= 4 is 17.1 Å². The highest BCUT2D eigenvalue weighted by Gasteiger charge is 2.13. The molecule has 3 heteroatoms. The molecular formula is C36H47NO2. The molecule has 3 rings (SSSR count). The summed E-state index contributed by atoms with van der Waals surface area (Å²) in [6, 6.07) is 24.7. The Morgan fingerprint density at radius 2 is 1.05 bits per heavy atom. The molecule has 0 fully saturated rings. The lowest BCUT2D eigenvalue weighted by molar-refractivity contribution is 0.153. The smallest absolute Gasteiger partial charge is 0.0673 e. The van der Waals surface area contributed by atoms with Crippen molar-refractivity contribution in [1.29, 1.82) is 0 Å². The predicted molar refractivity (Wildman–Crippen MR) is 168 cm³/mol. The standard InChI is InChI=1S/C36H47NO2/c1-7-28(3)26-38-23-9-11-32-14-19-34(20-15-32)37(36-18-13-30(5)31(6)25-36)35-21-16-33(17-22-35)12-10-24-39-27-29(4)8-2/h7-8,13-22,25H,9-12,23-24,26-27H2,1-6H3/b28-7+,29-8+. The van der Waals surface area contributed by atoms with Crippen LogP contribution in [-0.2, 0) is 22.3 Å². The van der Waals surface area contributed by atoms with Gasteiger partial charge in [-0.25, -0.2) is 0 Å². The van der Waals surface area contributed by atoms with Crippen LogP contribution in [0, 0.1) is 13.8 Å². The van der Waals surface area contributed by atoms with Crippen molar-refractivity contribution in [3.8, 4) is 0 Å². The van der Waals surface area contributed by atoms with Gasteiger partial charge >= 0.3 is 0 Å². The summed E-state index contributed by atoms with van der Waals surface area (Å²) >= 11 is 0. The quantitative estimate of drug-likeness (QED) is 0.146. The first-order chi connectivity index (χ1) is 18.9. The largest absolute Gasteiger partial charge is 0.377 e. The maximum absolute atomic E-state index is 5.78. The van der Waals surface area contributed by atoms with E-state index in [0.717, 1.165) is 52.1 Å². The molecular weight excluding hydrogens is 478 g/mol. The van der Waals surface area contributed by atoms with E-state index in [1.165, 1.54) is 50.5 Å². The summed E-state index contributed by atoms with van der Waals surface area (Å²) in [6.45, 7) is 15.7. The van der Waals surface area contributed by atoms with Gasteiger partial charge in [0.1, 0.15) is 0 Å². The lowest BCUT2D eigenvalue weighted by Crippen LogP contribution is -2.10.